The van der Waals surface area contributed by atoms with Gasteiger partial charge in [0.2, 0.25) is 5.91 Å². The Morgan fingerprint density at radius 3 is 2.12 bits per heavy atom. The van der Waals surface area contributed by atoms with Crippen LogP contribution in [-0.4, -0.2) is 17.9 Å². The van der Waals surface area contributed by atoms with Crippen molar-refractivity contribution in [2.24, 2.45) is 5.11 Å². The van der Waals surface area contributed by atoms with E-state index < -0.39 is 6.04 Å². The van der Waals surface area contributed by atoms with Gasteiger partial charge in [-0.25, -0.2) is 0 Å². The van der Waals surface area contributed by atoms with Gasteiger partial charge in [0.15, 0.2) is 0 Å². The lowest BCUT2D eigenvalue weighted by Crippen LogP contribution is -2.47. The summed E-state index contributed by atoms with van der Waals surface area (Å²) in [5.41, 5.74) is 10.8. The zero-order valence-electron chi connectivity index (χ0n) is 18.9. The molecule has 34 heavy (non-hydrogen) atoms. The van der Waals surface area contributed by atoms with Crippen molar-refractivity contribution in [1.29, 1.82) is 0 Å². The van der Waals surface area contributed by atoms with Crippen LogP contribution in [0.5, 0.6) is 0 Å². The molecule has 2 amide bonds. The molecule has 1 aliphatic rings. The SMILES string of the molecule is [N-]=[N+]=Nc1ccc(C(=O)N(c2ccccc2)C(C(=O)NC2CCCCC2)c2ccccc2)cc1. The van der Waals surface area contributed by atoms with E-state index in [2.05, 4.69) is 15.3 Å². The van der Waals surface area contributed by atoms with Crippen LogP contribution in [0.3, 0.4) is 0 Å². The number of anilines is 1. The summed E-state index contributed by atoms with van der Waals surface area (Å²) in [7, 11) is 0. The minimum absolute atomic E-state index is 0.114. The van der Waals surface area contributed by atoms with Crippen LogP contribution in [0.1, 0.15) is 54.1 Å². The van der Waals surface area contributed by atoms with Crippen LogP contribution in [0.25, 0.3) is 10.4 Å². The molecule has 0 spiro atoms. The largest absolute Gasteiger partial charge is 0.351 e. The van der Waals surface area contributed by atoms with Crippen molar-refractivity contribution < 1.29 is 9.59 Å². The van der Waals surface area contributed by atoms with Gasteiger partial charge in [-0.2, -0.15) is 0 Å². The van der Waals surface area contributed by atoms with Gasteiger partial charge in [-0.3, -0.25) is 14.5 Å². The summed E-state index contributed by atoms with van der Waals surface area (Å²) in [5.74, 6) is -0.507. The van der Waals surface area contributed by atoms with Crippen molar-refractivity contribution >= 4 is 23.2 Å². The van der Waals surface area contributed by atoms with E-state index in [9.17, 15) is 9.59 Å². The van der Waals surface area contributed by atoms with Crippen LogP contribution in [0.2, 0.25) is 0 Å². The molecule has 3 aromatic carbocycles. The molecule has 0 aromatic heterocycles. The second-order valence-corrected chi connectivity index (χ2v) is 8.40. The minimum atomic E-state index is -0.838. The van der Waals surface area contributed by atoms with E-state index in [0.717, 1.165) is 31.2 Å². The molecule has 3 aromatic rings. The molecule has 1 aliphatic carbocycles. The molecule has 0 radical (unpaired) electrons. The monoisotopic (exact) mass is 453 g/mol. The average molecular weight is 454 g/mol. The third-order valence-electron chi connectivity index (χ3n) is 6.10. The van der Waals surface area contributed by atoms with E-state index in [0.29, 0.717) is 16.9 Å². The predicted octanol–water partition coefficient (Wildman–Crippen LogP) is 6.47. The number of amides is 2. The summed E-state index contributed by atoms with van der Waals surface area (Å²) in [6, 6.07) is 24.3. The van der Waals surface area contributed by atoms with Crippen LogP contribution in [0.15, 0.2) is 90.0 Å². The predicted molar refractivity (Wildman–Crippen MR) is 133 cm³/mol. The Balaban J connectivity index is 1.75. The van der Waals surface area contributed by atoms with E-state index in [1.54, 1.807) is 29.2 Å². The number of hydrogen-bond acceptors (Lipinski definition) is 3. The maximum Gasteiger partial charge on any atom is 0.259 e. The first kappa shape index (κ1) is 23.1. The molecule has 1 N–H and O–H groups in total. The van der Waals surface area contributed by atoms with Crippen molar-refractivity contribution in [3.63, 3.8) is 0 Å². The lowest BCUT2D eigenvalue weighted by Gasteiger charge is -2.33. The second-order valence-electron chi connectivity index (χ2n) is 8.40. The topological polar surface area (TPSA) is 98.2 Å². The number of nitrogens with one attached hydrogen (secondary N) is 1. The summed E-state index contributed by atoms with van der Waals surface area (Å²) in [6.45, 7) is 0. The van der Waals surface area contributed by atoms with Gasteiger partial charge >= 0.3 is 0 Å². The smallest absolute Gasteiger partial charge is 0.259 e. The fourth-order valence-corrected chi connectivity index (χ4v) is 4.41. The third kappa shape index (κ3) is 5.45. The van der Waals surface area contributed by atoms with E-state index in [-0.39, 0.29) is 17.9 Å². The van der Waals surface area contributed by atoms with Crippen LogP contribution in [0, 0.1) is 0 Å². The standard InChI is InChI=1S/C27H27N5O2/c28-31-30-23-18-16-21(17-19-23)27(34)32(24-14-8-3-9-15-24)25(20-10-4-1-5-11-20)26(33)29-22-12-6-2-7-13-22/h1,3-5,8-11,14-19,22,25H,2,6-7,12-13H2,(H,29,33). The summed E-state index contributed by atoms with van der Waals surface area (Å²) in [6.07, 6.45) is 5.29. The van der Waals surface area contributed by atoms with Gasteiger partial charge in [0.25, 0.3) is 5.91 Å². The molecule has 0 bridgehead atoms. The van der Waals surface area contributed by atoms with E-state index >= 15 is 0 Å². The highest BCUT2D eigenvalue weighted by atomic mass is 16.2. The first-order chi connectivity index (χ1) is 16.7. The highest BCUT2D eigenvalue weighted by Gasteiger charge is 2.34. The number of carbonyl (C=O) groups excluding carboxylic acids is 2. The van der Waals surface area contributed by atoms with Crippen LogP contribution < -0.4 is 10.2 Å². The van der Waals surface area contributed by atoms with Crippen LogP contribution >= 0.6 is 0 Å². The number of azide groups is 1. The first-order valence-electron chi connectivity index (χ1n) is 11.6. The molecular formula is C27H27N5O2. The second kappa shape index (κ2) is 11.2. The molecule has 0 heterocycles. The summed E-state index contributed by atoms with van der Waals surface area (Å²) in [5, 5.41) is 6.79. The number of nitrogens with zero attached hydrogens (tertiary/aromatic N) is 4. The highest BCUT2D eigenvalue weighted by Crippen LogP contribution is 2.31. The number of hydrogen-bond donors (Lipinski definition) is 1. The molecule has 4 rings (SSSR count). The molecule has 7 heteroatoms. The van der Waals surface area contributed by atoms with Crippen LogP contribution in [-0.2, 0) is 4.79 Å². The molecule has 0 saturated heterocycles. The number of rotatable bonds is 7. The lowest BCUT2D eigenvalue weighted by molar-refractivity contribution is -0.123. The van der Waals surface area contributed by atoms with Crippen molar-refractivity contribution in [3.8, 4) is 0 Å². The van der Waals surface area contributed by atoms with Gasteiger partial charge in [0, 0.05) is 27.9 Å². The van der Waals surface area contributed by atoms with Gasteiger partial charge in [-0.05, 0) is 48.2 Å². The summed E-state index contributed by atoms with van der Waals surface area (Å²) in [4.78, 5) is 31.9. The highest BCUT2D eigenvalue weighted by molar-refractivity contribution is 6.10. The van der Waals surface area contributed by atoms with Gasteiger partial charge < -0.3 is 5.32 Å². The maximum atomic E-state index is 13.9. The Morgan fingerprint density at radius 1 is 0.882 bits per heavy atom. The molecule has 1 unspecified atom stereocenters. The Kier molecular flexibility index (Phi) is 7.58. The van der Waals surface area contributed by atoms with Gasteiger partial charge in [0.1, 0.15) is 6.04 Å². The van der Waals surface area contributed by atoms with Crippen LogP contribution in [0.4, 0.5) is 11.4 Å². The lowest BCUT2D eigenvalue weighted by atomic mass is 9.94. The van der Waals surface area contributed by atoms with Gasteiger partial charge in [0.05, 0.1) is 0 Å². The summed E-state index contributed by atoms with van der Waals surface area (Å²) >= 11 is 0. The van der Waals surface area contributed by atoms with E-state index in [4.69, 9.17) is 5.53 Å². The Labute approximate surface area is 199 Å². The average Bonchev–Trinajstić information content (AvgIpc) is 2.89. The molecule has 1 atom stereocenters. The Bertz CT molecular complexity index is 1150. The molecule has 7 nitrogen and oxygen atoms in total. The number of carbonyl (C=O) groups is 2. The maximum absolute atomic E-state index is 13.9. The molecule has 1 saturated carbocycles. The van der Waals surface area contributed by atoms with E-state index in [1.807, 2.05) is 60.7 Å². The Morgan fingerprint density at radius 2 is 1.50 bits per heavy atom. The van der Waals surface area contributed by atoms with Gasteiger partial charge in [-0.1, -0.05) is 85.0 Å². The fraction of sp³-hybridized carbons (Fsp3) is 0.259. The third-order valence-corrected chi connectivity index (χ3v) is 6.10. The quantitative estimate of drug-likeness (QED) is 0.252. The molecular weight excluding hydrogens is 426 g/mol. The normalized spacial score (nSPS) is 14.5. The minimum Gasteiger partial charge on any atom is -0.351 e. The number of benzene rings is 3. The van der Waals surface area contributed by atoms with Gasteiger partial charge in [-0.15, -0.1) is 0 Å². The summed E-state index contributed by atoms with van der Waals surface area (Å²) < 4.78 is 0. The van der Waals surface area contributed by atoms with Crippen molar-refractivity contribution in [2.75, 3.05) is 4.90 Å². The first-order valence-corrected chi connectivity index (χ1v) is 11.6. The van der Waals surface area contributed by atoms with Crippen molar-refractivity contribution in [3.05, 3.63) is 106 Å². The molecule has 1 fully saturated rings. The number of para-hydroxylation sites is 1. The van der Waals surface area contributed by atoms with E-state index in [1.165, 1.54) is 6.42 Å². The van der Waals surface area contributed by atoms with Crippen molar-refractivity contribution in [2.45, 2.75) is 44.2 Å². The Hall–Kier alpha value is -4.09. The van der Waals surface area contributed by atoms with Crippen molar-refractivity contribution in [1.82, 2.24) is 5.32 Å². The zero-order valence-corrected chi connectivity index (χ0v) is 18.9. The molecule has 0 aliphatic heterocycles. The zero-order chi connectivity index (χ0) is 23.8. The fourth-order valence-electron chi connectivity index (χ4n) is 4.41. The molecule has 172 valence electrons.